The largest absolute Gasteiger partial charge is 0.444 e. The van der Waals surface area contributed by atoms with Crippen molar-refractivity contribution >= 4 is 33.6 Å². The fourth-order valence-corrected chi connectivity index (χ4v) is 3.52. The van der Waals surface area contributed by atoms with E-state index >= 15 is 0 Å². The number of carbonyl (C=O) groups is 1. The number of likely N-dealkylation sites (tertiary alicyclic amines) is 1. The number of rotatable bonds is 3. The van der Waals surface area contributed by atoms with Gasteiger partial charge in [-0.3, -0.25) is 0 Å². The van der Waals surface area contributed by atoms with Gasteiger partial charge in [0.15, 0.2) is 0 Å². The van der Waals surface area contributed by atoms with Crippen LogP contribution in [0.3, 0.4) is 0 Å². The fraction of sp³-hybridized carbons (Fsp3) is 0.588. The van der Waals surface area contributed by atoms with Gasteiger partial charge >= 0.3 is 6.09 Å². The van der Waals surface area contributed by atoms with Crippen LogP contribution in [0.4, 0.5) is 4.79 Å². The molecule has 1 aliphatic rings. The Morgan fingerprint density at radius 2 is 2.17 bits per heavy atom. The van der Waals surface area contributed by atoms with Crippen LogP contribution in [0.2, 0.25) is 5.02 Å². The molecule has 1 N–H and O–H groups in total. The number of halogens is 2. The SMILES string of the molecule is CC(NC1CCN(C(=O)OC(C)(C)C)C1)c1ccc(Br)cc1Cl. The average Bonchev–Trinajstić information content (AvgIpc) is 2.85. The molecular formula is C17H24BrClN2O2. The summed E-state index contributed by atoms with van der Waals surface area (Å²) in [5.74, 6) is 0. The van der Waals surface area contributed by atoms with Gasteiger partial charge in [0, 0.05) is 34.7 Å². The number of ether oxygens (including phenoxy) is 1. The lowest BCUT2D eigenvalue weighted by molar-refractivity contribution is 0.0290. The van der Waals surface area contributed by atoms with E-state index in [1.807, 2.05) is 39.0 Å². The standard InChI is InChI=1S/C17H24BrClN2O2/c1-11(14-6-5-12(18)9-15(14)19)20-13-7-8-21(10-13)16(22)23-17(2,3)4/h5-6,9,11,13,20H,7-8,10H2,1-4H3. The summed E-state index contributed by atoms with van der Waals surface area (Å²) in [6.45, 7) is 9.11. The smallest absolute Gasteiger partial charge is 0.410 e. The second kappa shape index (κ2) is 7.41. The van der Waals surface area contributed by atoms with Crippen molar-refractivity contribution in [2.24, 2.45) is 0 Å². The Balaban J connectivity index is 1.91. The Bertz CT molecular complexity index is 574. The summed E-state index contributed by atoms with van der Waals surface area (Å²) in [6, 6.07) is 6.28. The van der Waals surface area contributed by atoms with Crippen molar-refractivity contribution in [3.63, 3.8) is 0 Å². The molecule has 0 bridgehead atoms. The van der Waals surface area contributed by atoms with Crippen molar-refractivity contribution in [1.29, 1.82) is 0 Å². The van der Waals surface area contributed by atoms with Gasteiger partial charge in [-0.25, -0.2) is 4.79 Å². The predicted octanol–water partition coefficient (Wildman–Crippen LogP) is 4.76. The maximum Gasteiger partial charge on any atom is 0.410 e. The van der Waals surface area contributed by atoms with E-state index in [0.717, 1.165) is 21.5 Å². The lowest BCUT2D eigenvalue weighted by Gasteiger charge is -2.25. The molecule has 0 aromatic heterocycles. The summed E-state index contributed by atoms with van der Waals surface area (Å²) in [5.41, 5.74) is 0.603. The third kappa shape index (κ3) is 5.37. The van der Waals surface area contributed by atoms with E-state index in [1.54, 1.807) is 4.90 Å². The molecule has 0 saturated carbocycles. The highest BCUT2D eigenvalue weighted by Crippen LogP contribution is 2.27. The van der Waals surface area contributed by atoms with Crippen LogP contribution in [0.5, 0.6) is 0 Å². The lowest BCUT2D eigenvalue weighted by Crippen LogP contribution is -2.39. The molecule has 128 valence electrons. The molecule has 1 aromatic rings. The maximum absolute atomic E-state index is 12.1. The summed E-state index contributed by atoms with van der Waals surface area (Å²) in [5, 5.41) is 4.29. The van der Waals surface area contributed by atoms with Gasteiger partial charge in [-0.1, -0.05) is 33.6 Å². The molecule has 1 heterocycles. The molecule has 1 aromatic carbocycles. The fourth-order valence-electron chi connectivity index (χ4n) is 2.68. The van der Waals surface area contributed by atoms with E-state index in [9.17, 15) is 4.79 Å². The van der Waals surface area contributed by atoms with Crippen LogP contribution in [0.15, 0.2) is 22.7 Å². The molecule has 4 nitrogen and oxygen atoms in total. The normalized spacial score (nSPS) is 19.7. The monoisotopic (exact) mass is 402 g/mol. The molecule has 1 fully saturated rings. The van der Waals surface area contributed by atoms with E-state index in [0.29, 0.717) is 13.1 Å². The van der Waals surface area contributed by atoms with E-state index in [1.165, 1.54) is 0 Å². The van der Waals surface area contributed by atoms with Crippen molar-refractivity contribution < 1.29 is 9.53 Å². The number of nitrogens with one attached hydrogen (secondary N) is 1. The van der Waals surface area contributed by atoms with Gasteiger partial charge in [-0.05, 0) is 51.8 Å². The first-order chi connectivity index (χ1) is 10.7. The zero-order valence-electron chi connectivity index (χ0n) is 14.0. The molecule has 2 rings (SSSR count). The Kier molecular flexibility index (Phi) is 5.98. The number of nitrogens with zero attached hydrogens (tertiary/aromatic N) is 1. The first-order valence-electron chi connectivity index (χ1n) is 7.84. The number of hydrogen-bond donors (Lipinski definition) is 1. The van der Waals surface area contributed by atoms with Crippen LogP contribution >= 0.6 is 27.5 Å². The van der Waals surface area contributed by atoms with Crippen molar-refractivity contribution in [3.8, 4) is 0 Å². The highest BCUT2D eigenvalue weighted by atomic mass is 79.9. The Labute approximate surface area is 151 Å². The number of benzene rings is 1. The second-order valence-corrected chi connectivity index (χ2v) is 8.29. The molecule has 0 spiro atoms. The lowest BCUT2D eigenvalue weighted by atomic mass is 10.1. The number of amides is 1. The van der Waals surface area contributed by atoms with E-state index in [2.05, 4.69) is 28.2 Å². The Morgan fingerprint density at radius 3 is 2.78 bits per heavy atom. The van der Waals surface area contributed by atoms with Crippen LogP contribution in [0.25, 0.3) is 0 Å². The highest BCUT2D eigenvalue weighted by molar-refractivity contribution is 9.10. The summed E-state index contributed by atoms with van der Waals surface area (Å²) in [6.07, 6.45) is 0.675. The zero-order valence-corrected chi connectivity index (χ0v) is 16.4. The van der Waals surface area contributed by atoms with Crippen molar-refractivity contribution in [3.05, 3.63) is 33.3 Å². The molecule has 1 aliphatic heterocycles. The zero-order chi connectivity index (χ0) is 17.2. The summed E-state index contributed by atoms with van der Waals surface area (Å²) in [7, 11) is 0. The van der Waals surface area contributed by atoms with Gasteiger partial charge < -0.3 is 15.0 Å². The van der Waals surface area contributed by atoms with E-state index in [4.69, 9.17) is 16.3 Å². The quantitative estimate of drug-likeness (QED) is 0.791. The Hall–Kier alpha value is -0.780. The van der Waals surface area contributed by atoms with Crippen LogP contribution in [-0.4, -0.2) is 35.7 Å². The third-order valence-electron chi connectivity index (χ3n) is 3.75. The van der Waals surface area contributed by atoms with E-state index < -0.39 is 5.60 Å². The van der Waals surface area contributed by atoms with E-state index in [-0.39, 0.29) is 18.2 Å². The van der Waals surface area contributed by atoms with Gasteiger partial charge in [-0.2, -0.15) is 0 Å². The molecule has 23 heavy (non-hydrogen) atoms. The molecule has 0 aliphatic carbocycles. The first kappa shape index (κ1) is 18.6. The maximum atomic E-state index is 12.1. The van der Waals surface area contributed by atoms with Crippen LogP contribution in [0, 0.1) is 0 Å². The minimum absolute atomic E-state index is 0.124. The molecular weight excluding hydrogens is 380 g/mol. The molecule has 1 saturated heterocycles. The molecule has 1 amide bonds. The predicted molar refractivity (Wildman–Crippen MR) is 96.9 cm³/mol. The van der Waals surface area contributed by atoms with Crippen LogP contribution in [0.1, 0.15) is 45.7 Å². The van der Waals surface area contributed by atoms with Gasteiger partial charge in [0.2, 0.25) is 0 Å². The minimum atomic E-state index is -0.457. The van der Waals surface area contributed by atoms with Crippen LogP contribution in [-0.2, 0) is 4.74 Å². The Morgan fingerprint density at radius 1 is 1.48 bits per heavy atom. The van der Waals surface area contributed by atoms with Gasteiger partial charge in [-0.15, -0.1) is 0 Å². The second-order valence-electron chi connectivity index (χ2n) is 6.97. The topological polar surface area (TPSA) is 41.6 Å². The van der Waals surface area contributed by atoms with Crippen LogP contribution < -0.4 is 5.32 Å². The first-order valence-corrected chi connectivity index (χ1v) is 9.02. The molecule has 0 radical (unpaired) electrons. The van der Waals surface area contributed by atoms with Crippen molar-refractivity contribution in [1.82, 2.24) is 10.2 Å². The molecule has 6 heteroatoms. The summed E-state index contributed by atoms with van der Waals surface area (Å²) in [4.78, 5) is 13.9. The van der Waals surface area contributed by atoms with Gasteiger partial charge in [0.1, 0.15) is 5.60 Å². The molecule has 2 unspecified atom stereocenters. The average molecular weight is 404 g/mol. The number of hydrogen-bond acceptors (Lipinski definition) is 3. The minimum Gasteiger partial charge on any atom is -0.444 e. The third-order valence-corrected chi connectivity index (χ3v) is 4.58. The summed E-state index contributed by atoms with van der Waals surface area (Å²) < 4.78 is 6.39. The summed E-state index contributed by atoms with van der Waals surface area (Å²) >= 11 is 9.73. The highest BCUT2D eigenvalue weighted by Gasteiger charge is 2.30. The molecule has 2 atom stereocenters. The van der Waals surface area contributed by atoms with Crippen molar-refractivity contribution in [2.45, 2.75) is 51.8 Å². The number of carbonyl (C=O) groups excluding carboxylic acids is 1. The van der Waals surface area contributed by atoms with Gasteiger partial charge in [0.05, 0.1) is 0 Å². The van der Waals surface area contributed by atoms with Crippen molar-refractivity contribution in [2.75, 3.05) is 13.1 Å². The van der Waals surface area contributed by atoms with Gasteiger partial charge in [0.25, 0.3) is 0 Å².